The zero-order valence-electron chi connectivity index (χ0n) is 16.9. The molecule has 7 nitrogen and oxygen atoms in total. The number of hydrogen-bond donors (Lipinski definition) is 3. The van der Waals surface area contributed by atoms with Crippen LogP contribution in [0.1, 0.15) is 58.3 Å². The van der Waals surface area contributed by atoms with Gasteiger partial charge in [0.15, 0.2) is 0 Å². The van der Waals surface area contributed by atoms with E-state index in [0.29, 0.717) is 13.0 Å². The summed E-state index contributed by atoms with van der Waals surface area (Å²) in [5, 5.41) is 16.9. The van der Waals surface area contributed by atoms with Gasteiger partial charge in [0.1, 0.15) is 0 Å². The van der Waals surface area contributed by atoms with Crippen molar-refractivity contribution in [2.45, 2.75) is 58.3 Å². The van der Waals surface area contributed by atoms with Gasteiger partial charge < -0.3 is 15.5 Å². The molecule has 0 rings (SSSR count). The van der Waals surface area contributed by atoms with Crippen LogP contribution in [-0.2, 0) is 9.59 Å². The van der Waals surface area contributed by atoms with E-state index in [9.17, 15) is 14.8 Å². The first kappa shape index (κ1) is 24.4. The summed E-state index contributed by atoms with van der Waals surface area (Å²) in [5.41, 5.74) is 0.821. The van der Waals surface area contributed by atoms with Gasteiger partial charge in [0, 0.05) is 45.7 Å². The van der Waals surface area contributed by atoms with Crippen molar-refractivity contribution in [3.05, 3.63) is 12.3 Å². The molecule has 0 spiro atoms. The van der Waals surface area contributed by atoms with Crippen LogP contribution in [0.2, 0.25) is 0 Å². The lowest BCUT2D eigenvalue weighted by Crippen LogP contribution is -2.29. The molecular formula is C19H38N4O3. The summed E-state index contributed by atoms with van der Waals surface area (Å²) >= 11 is 0. The third-order valence-electron chi connectivity index (χ3n) is 4.31. The van der Waals surface area contributed by atoms with Gasteiger partial charge in [-0.3, -0.25) is 14.8 Å². The van der Waals surface area contributed by atoms with Crippen LogP contribution in [0.25, 0.3) is 0 Å². The molecular weight excluding hydrogens is 332 g/mol. The molecule has 0 heterocycles. The van der Waals surface area contributed by atoms with E-state index in [1.165, 1.54) is 0 Å². The minimum atomic E-state index is -0.256. The van der Waals surface area contributed by atoms with E-state index in [2.05, 4.69) is 17.2 Å². The predicted molar refractivity (Wildman–Crippen MR) is 105 cm³/mol. The molecule has 0 aromatic rings. The van der Waals surface area contributed by atoms with E-state index >= 15 is 0 Å². The Kier molecular flexibility index (Phi) is 14.7. The first-order chi connectivity index (χ1) is 12.4. The highest BCUT2D eigenvalue weighted by Crippen LogP contribution is 2.05. The number of carbonyl (C=O) groups is 2. The molecule has 0 aromatic heterocycles. The van der Waals surface area contributed by atoms with Crippen LogP contribution < -0.4 is 10.6 Å². The Morgan fingerprint density at radius 2 is 1.58 bits per heavy atom. The monoisotopic (exact) mass is 370 g/mol. The van der Waals surface area contributed by atoms with Crippen molar-refractivity contribution in [1.82, 2.24) is 20.6 Å². The summed E-state index contributed by atoms with van der Waals surface area (Å²) in [4.78, 5) is 24.7. The van der Waals surface area contributed by atoms with Crippen molar-refractivity contribution in [2.75, 3.05) is 40.3 Å². The lowest BCUT2D eigenvalue weighted by molar-refractivity contribution is -0.165. The van der Waals surface area contributed by atoms with Crippen molar-refractivity contribution >= 4 is 11.8 Å². The number of carbonyl (C=O) groups excluding carboxylic acids is 2. The fourth-order valence-corrected chi connectivity index (χ4v) is 2.41. The number of hydroxylamine groups is 2. The molecule has 152 valence electrons. The molecule has 0 saturated heterocycles. The molecule has 0 bridgehead atoms. The molecule has 0 atom stereocenters. The molecule has 0 aliphatic carbocycles. The van der Waals surface area contributed by atoms with Gasteiger partial charge in [-0.15, -0.1) is 0 Å². The highest BCUT2D eigenvalue weighted by atomic mass is 16.5. The number of allylic oxidation sites excluding steroid dienone is 1. The fraction of sp³-hybridized carbons (Fsp3) is 0.789. The van der Waals surface area contributed by atoms with Gasteiger partial charge in [-0.1, -0.05) is 13.0 Å². The summed E-state index contributed by atoms with van der Waals surface area (Å²) in [7, 11) is 3.72. The predicted octanol–water partition coefficient (Wildman–Crippen LogP) is 2.13. The molecule has 0 saturated carbocycles. The second kappa shape index (κ2) is 15.6. The SMILES string of the molecule is C=C(CCC(=O)N(O)CCCCCNC)NCCCCCN(C)C(C)=O. The summed E-state index contributed by atoms with van der Waals surface area (Å²) in [6.07, 6.45) is 6.65. The molecule has 7 heteroatoms. The van der Waals surface area contributed by atoms with Gasteiger partial charge in [0.25, 0.3) is 0 Å². The maximum absolute atomic E-state index is 11.9. The minimum Gasteiger partial charge on any atom is -0.389 e. The zero-order valence-corrected chi connectivity index (χ0v) is 16.9. The van der Waals surface area contributed by atoms with E-state index in [4.69, 9.17) is 0 Å². The Morgan fingerprint density at radius 1 is 0.962 bits per heavy atom. The number of unbranched alkanes of at least 4 members (excludes halogenated alkanes) is 4. The van der Waals surface area contributed by atoms with Crippen molar-refractivity contribution in [3.8, 4) is 0 Å². The Balaban J connectivity index is 3.62. The molecule has 0 aliphatic heterocycles. The van der Waals surface area contributed by atoms with Crippen LogP contribution in [0.5, 0.6) is 0 Å². The molecule has 0 radical (unpaired) electrons. The van der Waals surface area contributed by atoms with Crippen LogP contribution in [0.3, 0.4) is 0 Å². The lowest BCUT2D eigenvalue weighted by Gasteiger charge is -2.16. The molecule has 0 fully saturated rings. The van der Waals surface area contributed by atoms with Crippen LogP contribution in [0, 0.1) is 0 Å². The van der Waals surface area contributed by atoms with Gasteiger partial charge in [0.2, 0.25) is 11.8 Å². The van der Waals surface area contributed by atoms with Gasteiger partial charge >= 0.3 is 0 Å². The largest absolute Gasteiger partial charge is 0.389 e. The summed E-state index contributed by atoms with van der Waals surface area (Å²) in [6.45, 7) is 8.44. The van der Waals surface area contributed by atoms with E-state index < -0.39 is 0 Å². The standard InChI is InChI=1S/C19H38N4O3/c1-17(21-14-8-6-9-15-22(4)18(2)24)11-12-19(25)23(26)16-10-5-7-13-20-3/h20-21,26H,1,5-16H2,2-4H3. The van der Waals surface area contributed by atoms with Gasteiger partial charge in [0.05, 0.1) is 0 Å². The molecule has 26 heavy (non-hydrogen) atoms. The third kappa shape index (κ3) is 13.7. The Hall–Kier alpha value is -1.60. The molecule has 0 aromatic carbocycles. The van der Waals surface area contributed by atoms with Gasteiger partial charge in [-0.2, -0.15) is 0 Å². The molecule has 3 N–H and O–H groups in total. The highest BCUT2D eigenvalue weighted by Gasteiger charge is 2.10. The zero-order chi connectivity index (χ0) is 19.8. The first-order valence-electron chi connectivity index (χ1n) is 9.65. The third-order valence-corrected chi connectivity index (χ3v) is 4.31. The van der Waals surface area contributed by atoms with E-state index in [1.807, 2.05) is 14.1 Å². The molecule has 2 amide bonds. The average molecular weight is 371 g/mol. The topological polar surface area (TPSA) is 84.9 Å². The van der Waals surface area contributed by atoms with Gasteiger partial charge in [-0.05, 0) is 52.1 Å². The normalized spacial score (nSPS) is 10.5. The Morgan fingerprint density at radius 3 is 2.19 bits per heavy atom. The maximum Gasteiger partial charge on any atom is 0.246 e. The fourth-order valence-electron chi connectivity index (χ4n) is 2.41. The van der Waals surface area contributed by atoms with Crippen molar-refractivity contribution < 1.29 is 14.8 Å². The summed E-state index contributed by atoms with van der Waals surface area (Å²) < 4.78 is 0. The smallest absolute Gasteiger partial charge is 0.246 e. The quantitative estimate of drug-likeness (QED) is 0.220. The number of rotatable bonds is 16. The van der Waals surface area contributed by atoms with Crippen molar-refractivity contribution in [1.29, 1.82) is 0 Å². The number of nitrogens with zero attached hydrogens (tertiary/aromatic N) is 2. The number of nitrogens with one attached hydrogen (secondary N) is 2. The number of hydrogen-bond acceptors (Lipinski definition) is 5. The van der Waals surface area contributed by atoms with Crippen LogP contribution in [0.4, 0.5) is 0 Å². The second-order valence-electron chi connectivity index (χ2n) is 6.71. The van der Waals surface area contributed by atoms with Crippen LogP contribution in [0.15, 0.2) is 12.3 Å². The van der Waals surface area contributed by atoms with Crippen molar-refractivity contribution in [3.63, 3.8) is 0 Å². The van der Waals surface area contributed by atoms with Crippen LogP contribution >= 0.6 is 0 Å². The first-order valence-corrected chi connectivity index (χ1v) is 9.65. The second-order valence-corrected chi connectivity index (χ2v) is 6.71. The average Bonchev–Trinajstić information content (AvgIpc) is 2.61. The van der Waals surface area contributed by atoms with Crippen molar-refractivity contribution in [2.24, 2.45) is 0 Å². The Bertz CT molecular complexity index is 416. The lowest BCUT2D eigenvalue weighted by atomic mass is 10.2. The molecule has 0 unspecified atom stereocenters. The van der Waals surface area contributed by atoms with E-state index in [-0.39, 0.29) is 18.2 Å². The Labute approximate surface area is 158 Å². The van der Waals surface area contributed by atoms with Gasteiger partial charge in [-0.25, -0.2) is 5.06 Å². The minimum absolute atomic E-state index is 0.0945. The summed E-state index contributed by atoms with van der Waals surface area (Å²) in [6, 6.07) is 0. The number of amides is 2. The molecule has 0 aliphatic rings. The summed E-state index contributed by atoms with van der Waals surface area (Å²) in [5.74, 6) is -0.161. The van der Waals surface area contributed by atoms with Crippen LogP contribution in [-0.4, -0.2) is 67.3 Å². The maximum atomic E-state index is 11.9. The highest BCUT2D eigenvalue weighted by molar-refractivity contribution is 5.75. The van der Waals surface area contributed by atoms with E-state index in [0.717, 1.165) is 68.9 Å². The van der Waals surface area contributed by atoms with E-state index in [1.54, 1.807) is 11.8 Å².